The highest BCUT2D eigenvalue weighted by molar-refractivity contribution is 5.75. The number of hydrogen-bond donors (Lipinski definition) is 1. The molecule has 0 atom stereocenters. The fourth-order valence-electron chi connectivity index (χ4n) is 2.52. The van der Waals surface area contributed by atoms with E-state index < -0.39 is 5.97 Å². The van der Waals surface area contributed by atoms with E-state index in [0.29, 0.717) is 19.5 Å². The van der Waals surface area contributed by atoms with Crippen LogP contribution in [0.2, 0.25) is 0 Å². The summed E-state index contributed by atoms with van der Waals surface area (Å²) in [5, 5.41) is 8.59. The first-order chi connectivity index (χ1) is 9.65. The van der Waals surface area contributed by atoms with Crippen LogP contribution in [0.25, 0.3) is 11.0 Å². The Morgan fingerprint density at radius 3 is 2.35 bits per heavy atom. The molecule has 108 valence electrons. The van der Waals surface area contributed by atoms with Gasteiger partial charge in [0, 0.05) is 19.5 Å². The maximum atomic E-state index is 12.3. The van der Waals surface area contributed by atoms with E-state index in [9.17, 15) is 9.59 Å². The molecule has 1 N–H and O–H groups in total. The van der Waals surface area contributed by atoms with Gasteiger partial charge in [-0.05, 0) is 31.9 Å². The number of nitrogens with zero attached hydrogens (tertiary/aromatic N) is 2. The highest BCUT2D eigenvalue weighted by atomic mass is 16.4. The van der Waals surface area contributed by atoms with E-state index in [0.717, 1.165) is 23.9 Å². The largest absolute Gasteiger partial charge is 0.481 e. The van der Waals surface area contributed by atoms with Crippen molar-refractivity contribution in [3.8, 4) is 0 Å². The second-order valence-electron chi connectivity index (χ2n) is 4.87. The Hall–Kier alpha value is -2.04. The van der Waals surface area contributed by atoms with Crippen LogP contribution in [0.5, 0.6) is 0 Å². The summed E-state index contributed by atoms with van der Waals surface area (Å²) in [5.74, 6) is -0.759. The van der Waals surface area contributed by atoms with Crippen molar-refractivity contribution in [2.24, 2.45) is 0 Å². The molecule has 2 aromatic rings. The Kier molecular flexibility index (Phi) is 4.61. The molecule has 0 aliphatic carbocycles. The molecule has 0 saturated carbocycles. The van der Waals surface area contributed by atoms with Gasteiger partial charge in [-0.3, -0.25) is 13.9 Å². The third kappa shape index (κ3) is 2.92. The van der Waals surface area contributed by atoms with E-state index in [-0.39, 0.29) is 12.1 Å². The van der Waals surface area contributed by atoms with E-state index in [1.54, 1.807) is 9.13 Å². The lowest BCUT2D eigenvalue weighted by atomic mass is 10.2. The van der Waals surface area contributed by atoms with Crippen molar-refractivity contribution in [3.05, 3.63) is 34.7 Å². The Balaban J connectivity index is 2.12. The number of imidazole rings is 1. The number of fused-ring (bicyclic) bond motifs is 1. The lowest BCUT2D eigenvalue weighted by Crippen LogP contribution is -2.23. The number of aromatic nitrogens is 2. The SMILES string of the molecule is CCn1c(=O)n(CCCCCC(=O)O)c2ccccc21. The van der Waals surface area contributed by atoms with E-state index in [1.807, 2.05) is 31.2 Å². The molecule has 0 bridgehead atoms. The number of carbonyl (C=O) groups is 1. The highest BCUT2D eigenvalue weighted by Crippen LogP contribution is 2.13. The standard InChI is InChI=1S/C15H20N2O3/c1-2-16-12-8-5-6-9-13(12)17(15(16)20)11-7-3-4-10-14(18)19/h5-6,8-9H,2-4,7,10-11H2,1H3,(H,18,19). The summed E-state index contributed by atoms with van der Waals surface area (Å²) in [4.78, 5) is 22.8. The van der Waals surface area contributed by atoms with Gasteiger partial charge in [0.25, 0.3) is 0 Å². The normalized spacial score (nSPS) is 11.1. The number of unbranched alkanes of at least 4 members (excludes halogenated alkanes) is 2. The van der Waals surface area contributed by atoms with Gasteiger partial charge in [-0.25, -0.2) is 4.79 Å². The van der Waals surface area contributed by atoms with Gasteiger partial charge in [-0.15, -0.1) is 0 Å². The second-order valence-corrected chi connectivity index (χ2v) is 4.87. The second kappa shape index (κ2) is 6.41. The zero-order valence-electron chi connectivity index (χ0n) is 11.7. The Bertz CT molecular complexity index is 655. The van der Waals surface area contributed by atoms with Crippen molar-refractivity contribution >= 4 is 17.0 Å². The number of aryl methyl sites for hydroxylation is 2. The van der Waals surface area contributed by atoms with Gasteiger partial charge in [0.05, 0.1) is 11.0 Å². The van der Waals surface area contributed by atoms with Gasteiger partial charge >= 0.3 is 11.7 Å². The van der Waals surface area contributed by atoms with E-state index in [2.05, 4.69) is 0 Å². The quantitative estimate of drug-likeness (QED) is 0.790. The molecule has 1 aromatic heterocycles. The van der Waals surface area contributed by atoms with Crippen LogP contribution < -0.4 is 5.69 Å². The van der Waals surface area contributed by atoms with E-state index >= 15 is 0 Å². The maximum Gasteiger partial charge on any atom is 0.329 e. The van der Waals surface area contributed by atoms with Crippen molar-refractivity contribution in [1.82, 2.24) is 9.13 Å². The molecule has 0 amide bonds. The summed E-state index contributed by atoms with van der Waals surface area (Å²) in [6.45, 7) is 3.27. The third-order valence-electron chi connectivity index (χ3n) is 3.51. The molecule has 1 heterocycles. The Morgan fingerprint density at radius 1 is 1.10 bits per heavy atom. The Morgan fingerprint density at radius 2 is 1.75 bits per heavy atom. The van der Waals surface area contributed by atoms with Crippen molar-refractivity contribution in [3.63, 3.8) is 0 Å². The summed E-state index contributed by atoms with van der Waals surface area (Å²) >= 11 is 0. The van der Waals surface area contributed by atoms with Gasteiger partial charge in [0.1, 0.15) is 0 Å². The molecule has 2 rings (SSSR count). The molecule has 0 saturated heterocycles. The summed E-state index contributed by atoms with van der Waals surface area (Å²) in [7, 11) is 0. The molecule has 0 aliphatic heterocycles. The van der Waals surface area contributed by atoms with Crippen molar-refractivity contribution in [1.29, 1.82) is 0 Å². The molecule has 5 nitrogen and oxygen atoms in total. The minimum Gasteiger partial charge on any atom is -0.481 e. The number of carboxylic acids is 1. The minimum atomic E-state index is -0.759. The summed E-state index contributed by atoms with van der Waals surface area (Å²) in [5.41, 5.74) is 1.94. The topological polar surface area (TPSA) is 64.2 Å². The predicted molar refractivity (Wildman–Crippen MR) is 78.0 cm³/mol. The van der Waals surface area contributed by atoms with Gasteiger partial charge in [-0.2, -0.15) is 0 Å². The molecule has 0 aliphatic rings. The van der Waals surface area contributed by atoms with Crippen LogP contribution in [0.1, 0.15) is 32.6 Å². The van der Waals surface area contributed by atoms with Crippen molar-refractivity contribution in [2.45, 2.75) is 45.7 Å². The molecule has 1 aromatic carbocycles. The molecule has 0 radical (unpaired) electrons. The zero-order valence-corrected chi connectivity index (χ0v) is 11.7. The fourth-order valence-corrected chi connectivity index (χ4v) is 2.52. The number of hydrogen-bond acceptors (Lipinski definition) is 2. The smallest absolute Gasteiger partial charge is 0.329 e. The number of rotatable bonds is 7. The van der Waals surface area contributed by atoms with Gasteiger partial charge in [0.15, 0.2) is 0 Å². The van der Waals surface area contributed by atoms with Crippen LogP contribution in [-0.4, -0.2) is 20.2 Å². The molecule has 0 fully saturated rings. The summed E-state index contributed by atoms with van der Waals surface area (Å²) in [6.07, 6.45) is 2.51. The average molecular weight is 276 g/mol. The number of aliphatic carboxylic acids is 1. The van der Waals surface area contributed by atoms with E-state index in [4.69, 9.17) is 5.11 Å². The first kappa shape index (κ1) is 14.4. The van der Waals surface area contributed by atoms with E-state index in [1.165, 1.54) is 0 Å². The molecule has 0 unspecified atom stereocenters. The summed E-state index contributed by atoms with van der Waals surface area (Å²) < 4.78 is 3.56. The molecule has 5 heteroatoms. The third-order valence-corrected chi connectivity index (χ3v) is 3.51. The van der Waals surface area contributed by atoms with Crippen molar-refractivity contribution in [2.75, 3.05) is 0 Å². The predicted octanol–water partition coefficient (Wildman–Crippen LogP) is 2.47. The molecule has 0 spiro atoms. The first-order valence-corrected chi connectivity index (χ1v) is 7.05. The maximum absolute atomic E-state index is 12.3. The fraction of sp³-hybridized carbons (Fsp3) is 0.467. The highest BCUT2D eigenvalue weighted by Gasteiger charge is 2.10. The van der Waals surface area contributed by atoms with Crippen LogP contribution in [0.15, 0.2) is 29.1 Å². The number of benzene rings is 1. The van der Waals surface area contributed by atoms with Crippen LogP contribution in [-0.2, 0) is 17.9 Å². The number of carboxylic acid groups (broad SMARTS) is 1. The van der Waals surface area contributed by atoms with Gasteiger partial charge < -0.3 is 5.11 Å². The van der Waals surface area contributed by atoms with Crippen LogP contribution in [0.4, 0.5) is 0 Å². The van der Waals surface area contributed by atoms with Crippen LogP contribution >= 0.6 is 0 Å². The van der Waals surface area contributed by atoms with Gasteiger partial charge in [0.2, 0.25) is 0 Å². The monoisotopic (exact) mass is 276 g/mol. The number of para-hydroxylation sites is 2. The lowest BCUT2D eigenvalue weighted by Gasteiger charge is -2.02. The van der Waals surface area contributed by atoms with Crippen molar-refractivity contribution < 1.29 is 9.90 Å². The zero-order chi connectivity index (χ0) is 14.5. The Labute approximate surface area is 117 Å². The van der Waals surface area contributed by atoms with Crippen LogP contribution in [0.3, 0.4) is 0 Å². The van der Waals surface area contributed by atoms with Crippen LogP contribution in [0, 0.1) is 0 Å². The molecular formula is C15H20N2O3. The molecule has 20 heavy (non-hydrogen) atoms. The van der Waals surface area contributed by atoms with Gasteiger partial charge in [-0.1, -0.05) is 18.6 Å². The first-order valence-electron chi connectivity index (χ1n) is 7.05. The summed E-state index contributed by atoms with van der Waals surface area (Å²) in [6, 6.07) is 7.79. The molecular weight excluding hydrogens is 256 g/mol. The minimum absolute atomic E-state index is 0.0203. The average Bonchev–Trinajstić information content (AvgIpc) is 2.70. The lowest BCUT2D eigenvalue weighted by molar-refractivity contribution is -0.137.